The van der Waals surface area contributed by atoms with Crippen LogP contribution < -0.4 is 0 Å². The molecule has 0 fully saturated rings. The maximum Gasteiger partial charge on any atom is 0.164 e. The van der Waals surface area contributed by atoms with Gasteiger partial charge in [-0.3, -0.25) is 0 Å². The van der Waals surface area contributed by atoms with Gasteiger partial charge in [0.2, 0.25) is 0 Å². The number of para-hydroxylation sites is 2. The van der Waals surface area contributed by atoms with Crippen molar-refractivity contribution in [3.05, 3.63) is 194 Å². The summed E-state index contributed by atoms with van der Waals surface area (Å²) < 4.78 is 11.2. The quantitative estimate of drug-likeness (QED) is 0.166. The van der Waals surface area contributed by atoms with Crippen molar-refractivity contribution in [1.29, 1.82) is 0 Å². The van der Waals surface area contributed by atoms with E-state index in [1.807, 2.05) is 60.7 Å². The van der Waals surface area contributed by atoms with Gasteiger partial charge in [-0.25, -0.2) is 24.9 Å². The lowest BCUT2D eigenvalue weighted by Gasteiger charge is -2.11. The van der Waals surface area contributed by atoms with Crippen molar-refractivity contribution in [3.63, 3.8) is 0 Å². The van der Waals surface area contributed by atoms with E-state index in [-0.39, 0.29) is 0 Å². The predicted octanol–water partition coefficient (Wildman–Crippen LogP) is 14.4. The predicted molar refractivity (Wildman–Crippen MR) is 257 cm³/mol. The number of thiophene rings is 1. The minimum atomic E-state index is 0.551. The first-order valence-corrected chi connectivity index (χ1v) is 21.7. The highest BCUT2D eigenvalue weighted by atomic mass is 32.1. The Morgan fingerprint density at radius 2 is 1.02 bits per heavy atom. The Morgan fingerprint density at radius 1 is 0.397 bits per heavy atom. The van der Waals surface area contributed by atoms with Crippen LogP contribution in [-0.4, -0.2) is 29.5 Å². The van der Waals surface area contributed by atoms with Gasteiger partial charge in [0, 0.05) is 65.1 Å². The van der Waals surface area contributed by atoms with Crippen LogP contribution in [0.25, 0.3) is 127 Å². The SMILES string of the molecule is c1ccc(-c2nc(-c3cccc4oc5ccc(-c6nc(-c7ccccc7)c7sc8ccccc8c7n6)cc5c34)nc(-c3cccc4c3c3ccccc3n4-c3ccccc3)n2)cc1. The molecular formula is C55H32N6OS. The van der Waals surface area contributed by atoms with Crippen molar-refractivity contribution in [1.82, 2.24) is 29.5 Å². The Morgan fingerprint density at radius 3 is 1.81 bits per heavy atom. The minimum Gasteiger partial charge on any atom is -0.456 e. The molecule has 0 N–H and O–H groups in total. The van der Waals surface area contributed by atoms with Gasteiger partial charge in [-0.05, 0) is 54.6 Å². The van der Waals surface area contributed by atoms with Crippen molar-refractivity contribution < 1.29 is 4.42 Å². The molecule has 0 bridgehead atoms. The molecule has 63 heavy (non-hydrogen) atoms. The van der Waals surface area contributed by atoms with E-state index in [2.05, 4.69) is 138 Å². The lowest BCUT2D eigenvalue weighted by molar-refractivity contribution is 0.669. The summed E-state index contributed by atoms with van der Waals surface area (Å²) in [7, 11) is 0. The zero-order valence-corrected chi connectivity index (χ0v) is 34.3. The fourth-order valence-electron chi connectivity index (χ4n) is 9.06. The molecule has 7 nitrogen and oxygen atoms in total. The fraction of sp³-hybridized carbons (Fsp3) is 0. The molecular weight excluding hydrogens is 793 g/mol. The van der Waals surface area contributed by atoms with Crippen molar-refractivity contribution in [2.24, 2.45) is 0 Å². The molecule has 0 spiro atoms. The Bertz CT molecular complexity index is 3910. The molecule has 5 heterocycles. The van der Waals surface area contributed by atoms with Gasteiger partial charge < -0.3 is 8.98 Å². The number of hydrogen-bond donors (Lipinski definition) is 0. The second kappa shape index (κ2) is 14.1. The summed E-state index contributed by atoms with van der Waals surface area (Å²) in [6.07, 6.45) is 0. The summed E-state index contributed by atoms with van der Waals surface area (Å²) >= 11 is 1.73. The summed E-state index contributed by atoms with van der Waals surface area (Å²) in [5.41, 5.74) is 11.2. The van der Waals surface area contributed by atoms with Gasteiger partial charge in [0.05, 0.1) is 26.9 Å². The third-order valence-corrected chi connectivity index (χ3v) is 13.0. The van der Waals surface area contributed by atoms with E-state index in [1.54, 1.807) is 11.3 Å². The summed E-state index contributed by atoms with van der Waals surface area (Å²) in [5.74, 6) is 2.37. The molecule has 0 aliphatic rings. The van der Waals surface area contributed by atoms with Crippen molar-refractivity contribution in [3.8, 4) is 62.5 Å². The van der Waals surface area contributed by atoms with Crippen molar-refractivity contribution in [2.75, 3.05) is 0 Å². The second-order valence-corrected chi connectivity index (χ2v) is 16.6. The van der Waals surface area contributed by atoms with Crippen LogP contribution in [0.15, 0.2) is 199 Å². The molecule has 13 rings (SSSR count). The Kier molecular flexibility index (Phi) is 7.94. The van der Waals surface area contributed by atoms with Crippen LogP contribution in [0.4, 0.5) is 0 Å². The van der Waals surface area contributed by atoms with Crippen LogP contribution in [0, 0.1) is 0 Å². The molecule has 0 saturated carbocycles. The van der Waals surface area contributed by atoms with E-state index in [9.17, 15) is 0 Å². The topological polar surface area (TPSA) is 82.5 Å². The van der Waals surface area contributed by atoms with Crippen LogP contribution >= 0.6 is 11.3 Å². The molecule has 13 aromatic rings. The third-order valence-electron chi connectivity index (χ3n) is 11.9. The minimum absolute atomic E-state index is 0.551. The molecule has 0 amide bonds. The van der Waals surface area contributed by atoms with E-state index in [4.69, 9.17) is 29.3 Å². The van der Waals surface area contributed by atoms with E-state index in [0.717, 1.165) is 98.5 Å². The van der Waals surface area contributed by atoms with E-state index >= 15 is 0 Å². The first-order chi connectivity index (χ1) is 31.2. The average Bonchev–Trinajstić information content (AvgIpc) is 4.04. The van der Waals surface area contributed by atoms with Crippen molar-refractivity contribution in [2.45, 2.75) is 0 Å². The summed E-state index contributed by atoms with van der Waals surface area (Å²) in [6, 6.07) is 66.7. The maximum atomic E-state index is 6.58. The van der Waals surface area contributed by atoms with Gasteiger partial charge in [0.15, 0.2) is 23.3 Å². The number of fused-ring (bicyclic) bond motifs is 9. The van der Waals surface area contributed by atoms with Gasteiger partial charge in [-0.1, -0.05) is 140 Å². The normalized spacial score (nSPS) is 11.8. The highest BCUT2D eigenvalue weighted by Gasteiger charge is 2.23. The summed E-state index contributed by atoms with van der Waals surface area (Å²) in [5, 5.41) is 5.16. The van der Waals surface area contributed by atoms with Crippen LogP contribution in [0.2, 0.25) is 0 Å². The number of aromatic nitrogens is 6. The summed E-state index contributed by atoms with van der Waals surface area (Å²) in [6.45, 7) is 0. The third kappa shape index (κ3) is 5.69. The number of hydrogen-bond acceptors (Lipinski definition) is 7. The standard InChI is InChI=1S/C55H32N6OS/c1-4-16-33(17-5-1)49-51-50(38-23-11-13-29-46(38)63-51)57-53(56-49)35-30-31-44-41(32-35)48-40(25-15-28-45(48)62-44)55-59-52(34-18-6-2-7-19-34)58-54(60-55)39-24-14-27-43-47(39)37-22-10-12-26-42(37)61(43)36-20-8-3-9-21-36/h1-32H. The molecule has 0 atom stereocenters. The highest BCUT2D eigenvalue weighted by Crippen LogP contribution is 2.43. The van der Waals surface area contributed by atoms with E-state index < -0.39 is 0 Å². The van der Waals surface area contributed by atoms with Crippen LogP contribution in [0.5, 0.6) is 0 Å². The van der Waals surface area contributed by atoms with Gasteiger partial charge in [-0.15, -0.1) is 11.3 Å². The first-order valence-electron chi connectivity index (χ1n) is 20.8. The lowest BCUT2D eigenvalue weighted by Crippen LogP contribution is -2.01. The van der Waals surface area contributed by atoms with Crippen LogP contribution in [0.1, 0.15) is 0 Å². The number of rotatable bonds is 6. The average molecular weight is 825 g/mol. The summed E-state index contributed by atoms with van der Waals surface area (Å²) in [4.78, 5) is 26.4. The molecule has 294 valence electrons. The molecule has 0 saturated heterocycles. The molecule has 0 aliphatic heterocycles. The highest BCUT2D eigenvalue weighted by molar-refractivity contribution is 7.26. The zero-order valence-electron chi connectivity index (χ0n) is 33.5. The number of furan rings is 1. The molecule has 0 unspecified atom stereocenters. The van der Waals surface area contributed by atoms with Crippen LogP contribution in [0.3, 0.4) is 0 Å². The van der Waals surface area contributed by atoms with E-state index in [0.29, 0.717) is 23.3 Å². The number of nitrogens with zero attached hydrogens (tertiary/aromatic N) is 6. The first kappa shape index (κ1) is 35.4. The molecule has 0 aliphatic carbocycles. The van der Waals surface area contributed by atoms with Gasteiger partial charge in [0.1, 0.15) is 11.2 Å². The van der Waals surface area contributed by atoms with Gasteiger partial charge in [-0.2, -0.15) is 0 Å². The van der Waals surface area contributed by atoms with Gasteiger partial charge in [0.25, 0.3) is 0 Å². The largest absolute Gasteiger partial charge is 0.456 e. The van der Waals surface area contributed by atoms with Crippen LogP contribution in [-0.2, 0) is 0 Å². The Labute approximate surface area is 364 Å². The zero-order chi connectivity index (χ0) is 41.4. The van der Waals surface area contributed by atoms with E-state index in [1.165, 1.54) is 4.70 Å². The molecule has 5 aromatic heterocycles. The van der Waals surface area contributed by atoms with Crippen molar-refractivity contribution >= 4 is 75.4 Å². The Hall–Kier alpha value is -8.33. The fourth-order valence-corrected chi connectivity index (χ4v) is 10.2. The molecule has 8 aromatic carbocycles. The maximum absolute atomic E-state index is 6.58. The smallest absolute Gasteiger partial charge is 0.164 e. The lowest BCUT2D eigenvalue weighted by atomic mass is 10.0. The van der Waals surface area contributed by atoms with Gasteiger partial charge >= 0.3 is 0 Å². The molecule has 0 radical (unpaired) electrons. The Balaban J connectivity index is 1.04. The molecule has 8 heteroatoms. The number of benzene rings is 8. The second-order valence-electron chi connectivity index (χ2n) is 15.6. The monoisotopic (exact) mass is 824 g/mol.